The van der Waals surface area contributed by atoms with Crippen LogP contribution in [-0.2, 0) is 0 Å². The van der Waals surface area contributed by atoms with Crippen LogP contribution in [0.1, 0.15) is 0 Å². The van der Waals surface area contributed by atoms with Crippen LogP contribution in [0.2, 0.25) is 0 Å². The Morgan fingerprint density at radius 2 is 1.17 bits per heavy atom. The van der Waals surface area contributed by atoms with Crippen LogP contribution in [0.5, 0.6) is 0 Å². The van der Waals surface area contributed by atoms with Crippen LogP contribution >= 0.6 is 0 Å². The molecule has 0 spiro atoms. The predicted octanol–water partition coefficient (Wildman–Crippen LogP) is 6.64. The Morgan fingerprint density at radius 1 is 0.524 bits per heavy atom. The minimum atomic E-state index is 0.0895. The van der Waals surface area contributed by atoms with E-state index >= 15 is 0 Å². The molecule has 0 fully saturated rings. The lowest BCUT2D eigenvalue weighted by Gasteiger charge is -2.36. The summed E-state index contributed by atoms with van der Waals surface area (Å²) in [6.07, 6.45) is 13.4. The molecule has 0 radical (unpaired) electrons. The predicted molar refractivity (Wildman–Crippen MR) is 169 cm³/mol. The van der Waals surface area contributed by atoms with Gasteiger partial charge in [0, 0.05) is 52.7 Å². The van der Waals surface area contributed by atoms with E-state index < -0.39 is 0 Å². The van der Waals surface area contributed by atoms with Crippen LogP contribution in [-0.4, -0.2) is 31.8 Å². The van der Waals surface area contributed by atoms with Crippen molar-refractivity contribution < 1.29 is 0 Å². The van der Waals surface area contributed by atoms with E-state index in [2.05, 4.69) is 106 Å². The molecule has 0 N–H and O–H groups in total. The van der Waals surface area contributed by atoms with Crippen LogP contribution in [0.25, 0.3) is 56.4 Å². The van der Waals surface area contributed by atoms with Crippen molar-refractivity contribution in [2.24, 2.45) is 0 Å². The summed E-state index contributed by atoms with van der Waals surface area (Å²) >= 11 is 0. The molecule has 0 amide bonds. The normalized spacial score (nSPS) is 13.0. The number of pyridine rings is 2. The maximum atomic E-state index is 4.91. The first-order valence-corrected chi connectivity index (χ1v) is 13.9. The van der Waals surface area contributed by atoms with Crippen LogP contribution < -0.4 is 10.3 Å². The molecule has 0 aliphatic carbocycles. The molecular weight excluding hydrogens is 515 g/mol. The SMILES string of the molecule is C1=CB2c3cc(-c4ccccc4)ccc3-c3ccc(-c4nc(-c5cccnc5)nc(-c5cccnc5)n4)cc3N2C=C1. The number of aromatic nitrogens is 5. The molecule has 0 saturated heterocycles. The van der Waals surface area contributed by atoms with Crippen LogP contribution in [0.15, 0.2) is 140 Å². The van der Waals surface area contributed by atoms with Gasteiger partial charge in [0.1, 0.15) is 0 Å². The second-order valence-corrected chi connectivity index (χ2v) is 10.3. The fourth-order valence-corrected chi connectivity index (χ4v) is 5.71. The number of hydrogen-bond donors (Lipinski definition) is 0. The molecule has 8 rings (SSSR count). The van der Waals surface area contributed by atoms with E-state index in [0.29, 0.717) is 17.5 Å². The number of hydrogen-bond acceptors (Lipinski definition) is 6. The molecule has 3 aromatic carbocycles. The lowest BCUT2D eigenvalue weighted by Crippen LogP contribution is -2.49. The summed E-state index contributed by atoms with van der Waals surface area (Å²) in [6.45, 7) is 0.0895. The molecule has 2 aliphatic rings. The molecule has 42 heavy (non-hydrogen) atoms. The minimum absolute atomic E-state index is 0.0895. The first-order chi connectivity index (χ1) is 20.8. The molecule has 0 bridgehead atoms. The summed E-state index contributed by atoms with van der Waals surface area (Å²) in [5.41, 5.74) is 9.82. The van der Waals surface area contributed by atoms with Gasteiger partial charge in [0.2, 0.25) is 0 Å². The first kappa shape index (κ1) is 24.1. The monoisotopic (exact) mass is 538 g/mol. The Hall–Kier alpha value is -5.69. The van der Waals surface area contributed by atoms with E-state index in [0.717, 1.165) is 22.4 Å². The number of rotatable bonds is 4. The molecule has 5 heterocycles. The van der Waals surface area contributed by atoms with E-state index in [1.165, 1.54) is 27.7 Å². The third-order valence-electron chi connectivity index (χ3n) is 7.73. The second-order valence-electron chi connectivity index (χ2n) is 10.3. The fraction of sp³-hybridized carbons (Fsp3) is 0. The van der Waals surface area contributed by atoms with Crippen molar-refractivity contribution in [2.45, 2.75) is 0 Å². The van der Waals surface area contributed by atoms with Crippen molar-refractivity contribution in [1.82, 2.24) is 24.9 Å². The highest BCUT2D eigenvalue weighted by atomic mass is 15.1. The third kappa shape index (κ3) is 4.19. The molecule has 2 aliphatic heterocycles. The fourth-order valence-electron chi connectivity index (χ4n) is 5.71. The quantitative estimate of drug-likeness (QED) is 0.235. The number of benzene rings is 3. The summed E-state index contributed by atoms with van der Waals surface area (Å²) in [4.78, 5) is 25.5. The molecule has 7 heteroatoms. The van der Waals surface area contributed by atoms with Gasteiger partial charge in [-0.1, -0.05) is 72.7 Å². The van der Waals surface area contributed by atoms with E-state index in [1.807, 2.05) is 24.3 Å². The highest BCUT2D eigenvalue weighted by molar-refractivity contribution is 6.83. The number of allylic oxidation sites excluding steroid dienone is 2. The van der Waals surface area contributed by atoms with Crippen LogP contribution in [0, 0.1) is 0 Å². The third-order valence-corrected chi connectivity index (χ3v) is 7.73. The summed E-state index contributed by atoms with van der Waals surface area (Å²) in [6, 6.07) is 31.5. The lowest BCUT2D eigenvalue weighted by atomic mass is 9.49. The Balaban J connectivity index is 1.28. The van der Waals surface area contributed by atoms with Gasteiger partial charge < -0.3 is 4.81 Å². The van der Waals surface area contributed by atoms with E-state index in [9.17, 15) is 0 Å². The number of anilines is 1. The molecule has 3 aromatic heterocycles. The van der Waals surface area contributed by atoms with Crippen molar-refractivity contribution in [3.05, 3.63) is 140 Å². The smallest absolute Gasteiger partial charge is 0.320 e. The van der Waals surface area contributed by atoms with Crippen molar-refractivity contribution in [3.8, 4) is 56.4 Å². The maximum Gasteiger partial charge on any atom is 0.320 e. The standard InChI is InChI=1S/C35H23BN6/c1-2-8-24(9-3-1)25-12-14-29-30-15-13-26(21-32(30)42-19-5-4-16-36(42)31(29)20-25)33-39-34(27-10-6-17-37-22-27)41-35(40-33)28-11-7-18-38-23-28/h1-23H. The van der Waals surface area contributed by atoms with Gasteiger partial charge in [-0.2, -0.15) is 0 Å². The topological polar surface area (TPSA) is 67.7 Å². The summed E-state index contributed by atoms with van der Waals surface area (Å²) in [5, 5.41) is 0. The maximum absolute atomic E-state index is 4.91. The van der Waals surface area contributed by atoms with Gasteiger partial charge in [-0.15, -0.1) is 0 Å². The first-order valence-electron chi connectivity index (χ1n) is 13.9. The zero-order valence-electron chi connectivity index (χ0n) is 22.5. The van der Waals surface area contributed by atoms with Crippen molar-refractivity contribution in [1.29, 1.82) is 0 Å². The molecule has 6 nitrogen and oxygen atoms in total. The molecule has 0 unspecified atom stereocenters. The van der Waals surface area contributed by atoms with E-state index in [1.54, 1.807) is 24.8 Å². The van der Waals surface area contributed by atoms with Gasteiger partial charge >= 0.3 is 6.85 Å². The second kappa shape index (κ2) is 10.1. The molecule has 0 atom stereocenters. The Labute approximate surface area is 243 Å². The highest BCUT2D eigenvalue weighted by Crippen LogP contribution is 2.40. The summed E-state index contributed by atoms with van der Waals surface area (Å²) < 4.78 is 0. The minimum Gasteiger partial charge on any atom is -0.383 e. The number of nitrogens with zero attached hydrogens (tertiary/aromatic N) is 6. The van der Waals surface area contributed by atoms with Crippen LogP contribution in [0.4, 0.5) is 5.69 Å². The molecule has 6 aromatic rings. The van der Waals surface area contributed by atoms with Gasteiger partial charge in [-0.3, -0.25) is 9.97 Å². The Morgan fingerprint density at radius 3 is 1.86 bits per heavy atom. The Kier molecular flexibility index (Phi) is 5.78. The van der Waals surface area contributed by atoms with Crippen molar-refractivity contribution in [2.75, 3.05) is 4.81 Å². The van der Waals surface area contributed by atoms with E-state index in [4.69, 9.17) is 15.0 Å². The highest BCUT2D eigenvalue weighted by Gasteiger charge is 2.33. The zero-order chi connectivity index (χ0) is 27.9. The molecule has 0 saturated carbocycles. The number of fused-ring (bicyclic) bond motifs is 6. The average Bonchev–Trinajstić information content (AvgIpc) is 3.09. The van der Waals surface area contributed by atoms with Gasteiger partial charge in [0.05, 0.1) is 0 Å². The Bertz CT molecular complexity index is 1930. The van der Waals surface area contributed by atoms with Gasteiger partial charge in [0.25, 0.3) is 0 Å². The summed E-state index contributed by atoms with van der Waals surface area (Å²) in [5.74, 6) is 4.00. The zero-order valence-corrected chi connectivity index (χ0v) is 22.5. The van der Waals surface area contributed by atoms with E-state index in [-0.39, 0.29) is 6.85 Å². The van der Waals surface area contributed by atoms with Gasteiger partial charge in [-0.25, -0.2) is 15.0 Å². The van der Waals surface area contributed by atoms with Crippen LogP contribution in [0.3, 0.4) is 0 Å². The molecule has 196 valence electrons. The lowest BCUT2D eigenvalue weighted by molar-refractivity contribution is 1.07. The van der Waals surface area contributed by atoms with Gasteiger partial charge in [0.15, 0.2) is 17.5 Å². The molecular formula is C35H23BN6. The van der Waals surface area contributed by atoms with Crippen molar-refractivity contribution >= 4 is 18.0 Å². The van der Waals surface area contributed by atoms with Crippen molar-refractivity contribution in [3.63, 3.8) is 0 Å². The largest absolute Gasteiger partial charge is 0.383 e. The summed E-state index contributed by atoms with van der Waals surface area (Å²) in [7, 11) is 0. The van der Waals surface area contributed by atoms with Gasteiger partial charge in [-0.05, 0) is 64.8 Å². The average molecular weight is 538 g/mol.